The van der Waals surface area contributed by atoms with Crippen LogP contribution in [0.25, 0.3) is 0 Å². The molecule has 0 heterocycles. The Bertz CT molecular complexity index is 433. The van der Waals surface area contributed by atoms with Gasteiger partial charge in [0.25, 0.3) is 0 Å². The maximum atomic E-state index is 11.0. The summed E-state index contributed by atoms with van der Waals surface area (Å²) in [6, 6.07) is 9.48. The van der Waals surface area contributed by atoms with Crippen LogP contribution < -0.4 is 5.32 Å². The Balaban J connectivity index is 2.11. The fourth-order valence-corrected chi connectivity index (χ4v) is 2.13. The van der Waals surface area contributed by atoms with Crippen LogP contribution in [0.4, 0.5) is 0 Å². The lowest BCUT2D eigenvalue weighted by molar-refractivity contribution is -0.140. The molecule has 1 rings (SSSR count). The van der Waals surface area contributed by atoms with Crippen LogP contribution in [-0.2, 0) is 16.0 Å². The molecule has 1 atom stereocenters. The monoisotopic (exact) mass is 293 g/mol. The zero-order chi connectivity index (χ0) is 15.5. The minimum Gasteiger partial charge on any atom is -0.481 e. The first-order valence-electron chi connectivity index (χ1n) is 7.31. The van der Waals surface area contributed by atoms with Gasteiger partial charge in [-0.25, -0.2) is 0 Å². The van der Waals surface area contributed by atoms with E-state index in [1.165, 1.54) is 5.56 Å². The molecule has 0 spiro atoms. The largest absolute Gasteiger partial charge is 0.481 e. The number of unbranched alkanes of at least 4 members (excludes halogenated alkanes) is 2. The van der Waals surface area contributed by atoms with E-state index in [1.807, 2.05) is 18.2 Å². The van der Waals surface area contributed by atoms with Gasteiger partial charge in [0, 0.05) is 6.42 Å². The number of nitrogens with one attached hydrogen (secondary N) is 1. The molecular weight excluding hydrogens is 270 g/mol. The number of carbonyl (C=O) groups is 2. The van der Waals surface area contributed by atoms with Gasteiger partial charge in [0.05, 0.1) is 0 Å². The molecule has 0 aliphatic rings. The summed E-state index contributed by atoms with van der Waals surface area (Å²) >= 11 is 0. The topological polar surface area (TPSA) is 86.6 Å². The minimum absolute atomic E-state index is 0.120. The summed E-state index contributed by atoms with van der Waals surface area (Å²) in [4.78, 5) is 21.4. The first-order valence-corrected chi connectivity index (χ1v) is 7.31. The van der Waals surface area contributed by atoms with Crippen molar-refractivity contribution in [3.8, 4) is 0 Å². The zero-order valence-electron chi connectivity index (χ0n) is 12.1. The van der Waals surface area contributed by atoms with E-state index < -0.39 is 18.0 Å². The normalized spacial score (nSPS) is 12.0. The lowest BCUT2D eigenvalue weighted by Gasteiger charge is -2.13. The molecule has 116 valence electrons. The molecule has 3 N–H and O–H groups in total. The van der Waals surface area contributed by atoms with E-state index in [0.717, 1.165) is 25.7 Å². The maximum absolute atomic E-state index is 11.0. The number of hydrogen-bond acceptors (Lipinski definition) is 3. The summed E-state index contributed by atoms with van der Waals surface area (Å²) in [5, 5.41) is 20.5. The average molecular weight is 293 g/mol. The second-order valence-electron chi connectivity index (χ2n) is 5.07. The molecule has 0 fully saturated rings. The van der Waals surface area contributed by atoms with Crippen LogP contribution in [0.15, 0.2) is 30.3 Å². The zero-order valence-corrected chi connectivity index (χ0v) is 12.1. The van der Waals surface area contributed by atoms with E-state index in [2.05, 4.69) is 17.4 Å². The van der Waals surface area contributed by atoms with Gasteiger partial charge < -0.3 is 15.5 Å². The molecule has 0 aliphatic heterocycles. The number of benzene rings is 1. The van der Waals surface area contributed by atoms with Crippen LogP contribution in [0.3, 0.4) is 0 Å². The third-order valence-electron chi connectivity index (χ3n) is 3.32. The van der Waals surface area contributed by atoms with Crippen molar-refractivity contribution < 1.29 is 19.8 Å². The van der Waals surface area contributed by atoms with Crippen LogP contribution in [0.5, 0.6) is 0 Å². The van der Waals surface area contributed by atoms with E-state index in [-0.39, 0.29) is 12.8 Å². The predicted molar refractivity (Wildman–Crippen MR) is 80.3 cm³/mol. The molecule has 0 amide bonds. The lowest BCUT2D eigenvalue weighted by atomic mass is 10.1. The highest BCUT2D eigenvalue weighted by Crippen LogP contribution is 2.06. The van der Waals surface area contributed by atoms with Crippen LogP contribution in [-0.4, -0.2) is 34.7 Å². The number of hydrogen-bond donors (Lipinski definition) is 3. The van der Waals surface area contributed by atoms with Crippen molar-refractivity contribution in [3.63, 3.8) is 0 Å². The van der Waals surface area contributed by atoms with Crippen LogP contribution in [0, 0.1) is 0 Å². The number of aryl methyl sites for hydroxylation is 1. The van der Waals surface area contributed by atoms with Gasteiger partial charge in [0.2, 0.25) is 0 Å². The molecule has 21 heavy (non-hydrogen) atoms. The highest BCUT2D eigenvalue weighted by molar-refractivity contribution is 5.75. The molecule has 1 aromatic rings. The van der Waals surface area contributed by atoms with E-state index >= 15 is 0 Å². The molecular formula is C16H23NO4. The average Bonchev–Trinajstić information content (AvgIpc) is 2.46. The van der Waals surface area contributed by atoms with E-state index in [4.69, 9.17) is 10.2 Å². The van der Waals surface area contributed by atoms with Gasteiger partial charge in [0.1, 0.15) is 6.04 Å². The predicted octanol–water partition coefficient (Wildman–Crippen LogP) is 2.31. The second kappa shape index (κ2) is 9.94. The highest BCUT2D eigenvalue weighted by atomic mass is 16.4. The van der Waals surface area contributed by atoms with Crippen molar-refractivity contribution in [2.75, 3.05) is 6.54 Å². The van der Waals surface area contributed by atoms with Gasteiger partial charge in [-0.1, -0.05) is 36.8 Å². The van der Waals surface area contributed by atoms with E-state index in [9.17, 15) is 9.59 Å². The van der Waals surface area contributed by atoms with Crippen molar-refractivity contribution in [2.24, 2.45) is 0 Å². The van der Waals surface area contributed by atoms with Crippen molar-refractivity contribution in [1.29, 1.82) is 0 Å². The van der Waals surface area contributed by atoms with Crippen molar-refractivity contribution in [3.05, 3.63) is 35.9 Å². The third kappa shape index (κ3) is 8.09. The molecule has 0 bridgehead atoms. The van der Waals surface area contributed by atoms with Crippen molar-refractivity contribution in [2.45, 2.75) is 44.6 Å². The van der Waals surface area contributed by atoms with Crippen LogP contribution in [0.2, 0.25) is 0 Å². The molecule has 0 saturated heterocycles. The summed E-state index contributed by atoms with van der Waals surface area (Å²) < 4.78 is 0. The molecule has 0 saturated carbocycles. The first-order chi connectivity index (χ1) is 10.1. The Morgan fingerprint density at radius 2 is 1.76 bits per heavy atom. The third-order valence-corrected chi connectivity index (χ3v) is 3.32. The summed E-state index contributed by atoms with van der Waals surface area (Å²) in [5.41, 5.74) is 1.32. The van der Waals surface area contributed by atoms with Crippen LogP contribution in [0.1, 0.15) is 37.7 Å². The van der Waals surface area contributed by atoms with Crippen molar-refractivity contribution in [1.82, 2.24) is 5.32 Å². The quantitative estimate of drug-likeness (QED) is 0.545. The lowest BCUT2D eigenvalue weighted by Crippen LogP contribution is -2.37. The SMILES string of the molecule is O=C(O)CCC(NCCCCCc1ccccc1)C(=O)O. The smallest absolute Gasteiger partial charge is 0.320 e. The molecule has 0 aliphatic carbocycles. The Labute approximate surface area is 125 Å². The van der Waals surface area contributed by atoms with Gasteiger partial charge >= 0.3 is 11.9 Å². The molecule has 5 heteroatoms. The molecule has 1 unspecified atom stereocenters. The first kappa shape index (κ1) is 17.2. The molecule has 1 aromatic carbocycles. The molecule has 0 radical (unpaired) electrons. The standard InChI is InChI=1S/C16H23NO4/c18-15(19)11-10-14(16(20)21)17-12-6-2-5-9-13-7-3-1-4-8-13/h1,3-4,7-8,14,17H,2,5-6,9-12H2,(H,18,19)(H,20,21). The van der Waals surface area contributed by atoms with Gasteiger partial charge in [-0.15, -0.1) is 0 Å². The molecule has 5 nitrogen and oxygen atoms in total. The highest BCUT2D eigenvalue weighted by Gasteiger charge is 2.17. The Morgan fingerprint density at radius 1 is 1.05 bits per heavy atom. The van der Waals surface area contributed by atoms with Gasteiger partial charge in [-0.2, -0.15) is 0 Å². The van der Waals surface area contributed by atoms with Gasteiger partial charge in [0.15, 0.2) is 0 Å². The van der Waals surface area contributed by atoms with Crippen LogP contribution >= 0.6 is 0 Å². The summed E-state index contributed by atoms with van der Waals surface area (Å²) in [7, 11) is 0. The number of aliphatic carboxylic acids is 2. The maximum Gasteiger partial charge on any atom is 0.320 e. The Hall–Kier alpha value is -1.88. The summed E-state index contributed by atoms with van der Waals surface area (Å²) in [6.45, 7) is 0.603. The fourth-order valence-electron chi connectivity index (χ4n) is 2.13. The second-order valence-corrected chi connectivity index (χ2v) is 5.07. The van der Waals surface area contributed by atoms with Crippen molar-refractivity contribution >= 4 is 11.9 Å². The van der Waals surface area contributed by atoms with Gasteiger partial charge in [-0.3, -0.25) is 9.59 Å². The minimum atomic E-state index is -0.986. The Morgan fingerprint density at radius 3 is 2.38 bits per heavy atom. The summed E-state index contributed by atoms with van der Waals surface area (Å²) in [5.74, 6) is -1.95. The van der Waals surface area contributed by atoms with E-state index in [0.29, 0.717) is 6.54 Å². The van der Waals surface area contributed by atoms with E-state index in [1.54, 1.807) is 0 Å². The fraction of sp³-hybridized carbons (Fsp3) is 0.500. The number of rotatable bonds is 11. The molecule has 0 aromatic heterocycles. The Kier molecular flexibility index (Phi) is 8.12. The number of carboxylic acids is 2. The van der Waals surface area contributed by atoms with Gasteiger partial charge in [-0.05, 0) is 37.8 Å². The summed E-state index contributed by atoms with van der Waals surface area (Å²) in [6.07, 6.45) is 4.00. The number of carboxylic acid groups (broad SMARTS) is 2.